The van der Waals surface area contributed by atoms with Crippen molar-refractivity contribution < 1.29 is 14.3 Å². The third-order valence-corrected chi connectivity index (χ3v) is 6.51. The molecule has 1 aromatic rings. The van der Waals surface area contributed by atoms with Gasteiger partial charge in [-0.1, -0.05) is 26.8 Å². The van der Waals surface area contributed by atoms with Gasteiger partial charge in [0, 0.05) is 11.1 Å². The first kappa shape index (κ1) is 17.8. The number of methoxy groups -OCH3 is 1. The van der Waals surface area contributed by atoms with Crippen molar-refractivity contribution in [3.05, 3.63) is 23.8 Å². The van der Waals surface area contributed by atoms with Crippen molar-refractivity contribution in [2.75, 3.05) is 13.7 Å². The van der Waals surface area contributed by atoms with Crippen LogP contribution in [0.2, 0.25) is 0 Å². The third-order valence-electron chi connectivity index (χ3n) is 6.51. The lowest BCUT2D eigenvalue weighted by molar-refractivity contribution is -0.123. The van der Waals surface area contributed by atoms with E-state index in [0.29, 0.717) is 17.4 Å². The van der Waals surface area contributed by atoms with Crippen LogP contribution in [0.5, 0.6) is 11.5 Å². The van der Waals surface area contributed by atoms with Crippen molar-refractivity contribution in [3.8, 4) is 11.5 Å². The number of aryl methyl sites for hydroxylation is 1. The highest BCUT2D eigenvalue weighted by atomic mass is 16.5. The van der Waals surface area contributed by atoms with Gasteiger partial charge in [0.2, 0.25) is 0 Å². The molecule has 2 atom stereocenters. The van der Waals surface area contributed by atoms with Crippen LogP contribution >= 0.6 is 0 Å². The molecular weight excluding hydrogens is 316 g/mol. The highest BCUT2D eigenvalue weighted by molar-refractivity contribution is 5.95. The first-order valence-corrected chi connectivity index (χ1v) is 8.91. The Balaban J connectivity index is 1.59. The summed E-state index contributed by atoms with van der Waals surface area (Å²) in [7, 11) is 1.59. The van der Waals surface area contributed by atoms with E-state index in [1.807, 2.05) is 25.1 Å². The fourth-order valence-corrected chi connectivity index (χ4v) is 4.30. The molecule has 0 radical (unpaired) electrons. The number of hydrogen-bond acceptors (Lipinski definition) is 4. The molecule has 2 aliphatic rings. The summed E-state index contributed by atoms with van der Waals surface area (Å²) < 4.78 is 10.9. The maximum absolute atomic E-state index is 12.1. The summed E-state index contributed by atoms with van der Waals surface area (Å²) in [6.07, 6.45) is 3.39. The molecule has 1 amide bonds. The van der Waals surface area contributed by atoms with Crippen LogP contribution in [0.4, 0.5) is 0 Å². The monoisotopic (exact) mass is 344 g/mol. The van der Waals surface area contributed by atoms with Gasteiger partial charge >= 0.3 is 0 Å². The van der Waals surface area contributed by atoms with Gasteiger partial charge in [-0.2, -0.15) is 5.10 Å². The van der Waals surface area contributed by atoms with Crippen LogP contribution in [0.1, 0.15) is 45.6 Å². The van der Waals surface area contributed by atoms with Crippen molar-refractivity contribution in [1.29, 1.82) is 0 Å². The zero-order valence-corrected chi connectivity index (χ0v) is 15.8. The minimum absolute atomic E-state index is 0.0836. The molecule has 2 bridgehead atoms. The summed E-state index contributed by atoms with van der Waals surface area (Å²) >= 11 is 0. The van der Waals surface area contributed by atoms with Crippen LogP contribution in [-0.4, -0.2) is 25.3 Å². The number of carbonyl (C=O) groups excluding carboxylic acids is 1. The molecule has 0 saturated heterocycles. The Labute approximate surface area is 149 Å². The van der Waals surface area contributed by atoms with E-state index in [9.17, 15) is 4.79 Å². The van der Waals surface area contributed by atoms with Crippen LogP contribution < -0.4 is 14.9 Å². The highest BCUT2D eigenvalue weighted by Gasteiger charge is 2.59. The van der Waals surface area contributed by atoms with Gasteiger partial charge in [0.25, 0.3) is 5.91 Å². The topological polar surface area (TPSA) is 59.9 Å². The Kier molecular flexibility index (Phi) is 4.52. The second kappa shape index (κ2) is 6.36. The number of carbonyl (C=O) groups is 1. The maximum Gasteiger partial charge on any atom is 0.277 e. The second-order valence-electron chi connectivity index (χ2n) is 8.03. The fraction of sp³-hybridized carbons (Fsp3) is 0.600. The molecule has 2 saturated carbocycles. The van der Waals surface area contributed by atoms with Gasteiger partial charge in [-0.05, 0) is 55.2 Å². The minimum atomic E-state index is -0.251. The Bertz CT molecular complexity index is 711. The molecule has 3 rings (SSSR count). The zero-order valence-electron chi connectivity index (χ0n) is 15.8. The smallest absolute Gasteiger partial charge is 0.277 e. The molecule has 1 N–H and O–H groups in total. The minimum Gasteiger partial charge on any atom is -0.493 e. The van der Waals surface area contributed by atoms with Gasteiger partial charge < -0.3 is 9.47 Å². The van der Waals surface area contributed by atoms with Gasteiger partial charge in [0.15, 0.2) is 18.1 Å². The fourth-order valence-electron chi connectivity index (χ4n) is 4.30. The predicted octanol–water partition coefficient (Wildman–Crippen LogP) is 3.70. The number of hydrazone groups is 1. The number of ether oxygens (including phenoxy) is 2. The second-order valence-corrected chi connectivity index (χ2v) is 8.03. The molecule has 0 aliphatic heterocycles. The molecule has 2 fully saturated rings. The van der Waals surface area contributed by atoms with Crippen molar-refractivity contribution >= 4 is 11.6 Å². The average Bonchev–Trinajstić information content (AvgIpc) is 2.91. The summed E-state index contributed by atoms with van der Waals surface area (Å²) in [6, 6.07) is 5.62. The van der Waals surface area contributed by atoms with E-state index in [2.05, 4.69) is 31.3 Å². The lowest BCUT2D eigenvalue weighted by Crippen LogP contribution is -2.35. The molecule has 0 aromatic heterocycles. The normalized spacial score (nSPS) is 28.2. The number of fused-ring (bicyclic) bond motifs is 2. The summed E-state index contributed by atoms with van der Waals surface area (Å²) in [5, 5.41) is 4.45. The number of nitrogens with one attached hydrogen (secondary N) is 1. The molecule has 25 heavy (non-hydrogen) atoms. The van der Waals surface area contributed by atoms with Crippen LogP contribution in [0.25, 0.3) is 0 Å². The predicted molar refractivity (Wildman–Crippen MR) is 98.0 cm³/mol. The summed E-state index contributed by atoms with van der Waals surface area (Å²) in [4.78, 5) is 12.1. The van der Waals surface area contributed by atoms with Crippen molar-refractivity contribution in [2.45, 2.75) is 47.0 Å². The number of benzene rings is 1. The molecule has 1 aromatic carbocycles. The molecule has 136 valence electrons. The van der Waals surface area contributed by atoms with Gasteiger partial charge in [0.05, 0.1) is 7.11 Å². The zero-order chi connectivity index (χ0) is 18.2. The summed E-state index contributed by atoms with van der Waals surface area (Å²) in [5.41, 5.74) is 5.21. The van der Waals surface area contributed by atoms with E-state index in [0.717, 1.165) is 24.1 Å². The van der Waals surface area contributed by atoms with Gasteiger partial charge in [-0.25, -0.2) is 5.43 Å². The van der Waals surface area contributed by atoms with E-state index >= 15 is 0 Å². The SMILES string of the molecule is COc1cc(C)ccc1OCC(=O)N/N=C1\CC2CCC1(C)C2(C)C. The van der Waals surface area contributed by atoms with E-state index in [-0.39, 0.29) is 23.3 Å². The van der Waals surface area contributed by atoms with E-state index in [4.69, 9.17) is 9.47 Å². The molecule has 2 unspecified atom stereocenters. The highest BCUT2D eigenvalue weighted by Crippen LogP contribution is 2.63. The standard InChI is InChI=1S/C20H28N2O3/c1-13-6-7-15(16(10-13)24-5)25-12-18(23)22-21-17-11-14-8-9-20(17,4)19(14,2)3/h6-7,10,14H,8-9,11-12H2,1-5H3,(H,22,23)/b21-17+. The van der Waals surface area contributed by atoms with E-state index < -0.39 is 0 Å². The maximum atomic E-state index is 12.1. The van der Waals surface area contributed by atoms with Gasteiger partial charge in [0.1, 0.15) is 0 Å². The quantitative estimate of drug-likeness (QED) is 0.829. The first-order chi connectivity index (χ1) is 11.8. The Morgan fingerprint density at radius 1 is 1.32 bits per heavy atom. The van der Waals surface area contributed by atoms with Crippen molar-refractivity contribution in [3.63, 3.8) is 0 Å². The molecule has 2 aliphatic carbocycles. The van der Waals surface area contributed by atoms with Crippen molar-refractivity contribution in [1.82, 2.24) is 5.43 Å². The Morgan fingerprint density at radius 3 is 2.68 bits per heavy atom. The number of amides is 1. The molecule has 5 heteroatoms. The van der Waals surface area contributed by atoms with Crippen LogP contribution in [0.3, 0.4) is 0 Å². The molecular formula is C20H28N2O3. The van der Waals surface area contributed by atoms with Crippen LogP contribution in [0.15, 0.2) is 23.3 Å². The Hall–Kier alpha value is -2.04. The molecule has 5 nitrogen and oxygen atoms in total. The van der Waals surface area contributed by atoms with E-state index in [1.165, 1.54) is 6.42 Å². The Morgan fingerprint density at radius 2 is 2.08 bits per heavy atom. The molecule has 0 heterocycles. The third kappa shape index (κ3) is 3.00. The van der Waals surface area contributed by atoms with Crippen molar-refractivity contribution in [2.24, 2.45) is 21.8 Å². The number of nitrogens with zero attached hydrogens (tertiary/aromatic N) is 1. The molecule has 0 spiro atoms. The van der Waals surface area contributed by atoms with Crippen LogP contribution in [-0.2, 0) is 4.79 Å². The van der Waals surface area contributed by atoms with E-state index in [1.54, 1.807) is 7.11 Å². The van der Waals surface area contributed by atoms with Gasteiger partial charge in [-0.15, -0.1) is 0 Å². The number of hydrogen-bond donors (Lipinski definition) is 1. The first-order valence-electron chi connectivity index (χ1n) is 8.91. The average molecular weight is 344 g/mol. The largest absolute Gasteiger partial charge is 0.493 e. The van der Waals surface area contributed by atoms with Crippen LogP contribution in [0, 0.1) is 23.7 Å². The summed E-state index contributed by atoms with van der Waals surface area (Å²) in [5.74, 6) is 1.60. The summed E-state index contributed by atoms with van der Waals surface area (Å²) in [6.45, 7) is 8.81. The number of rotatable bonds is 5. The van der Waals surface area contributed by atoms with Gasteiger partial charge in [-0.3, -0.25) is 4.79 Å². The lowest BCUT2D eigenvalue weighted by Gasteiger charge is -2.34. The lowest BCUT2D eigenvalue weighted by atomic mass is 9.70.